The fourth-order valence-electron chi connectivity index (χ4n) is 1.69. The highest BCUT2D eigenvalue weighted by Gasteiger charge is 2.20. The summed E-state index contributed by atoms with van der Waals surface area (Å²) in [7, 11) is 3.01. The molecule has 21 heavy (non-hydrogen) atoms. The second-order valence-electron chi connectivity index (χ2n) is 4.20. The largest absolute Gasteiger partial charge is 0.383 e. The minimum atomic E-state index is -1.04. The highest BCUT2D eigenvalue weighted by atomic mass is 19.1. The molecule has 0 aliphatic heterocycles. The SMILES string of the molecule is COCCN(CCOC)C(=O)c1ccc([N+](=O)[O-])c(F)c1. The van der Waals surface area contributed by atoms with E-state index in [9.17, 15) is 19.3 Å². The van der Waals surface area contributed by atoms with Gasteiger partial charge >= 0.3 is 5.69 Å². The van der Waals surface area contributed by atoms with Crippen LogP contribution in [0, 0.1) is 15.9 Å². The van der Waals surface area contributed by atoms with Gasteiger partial charge in [0, 0.05) is 38.9 Å². The number of nitro groups is 1. The minimum Gasteiger partial charge on any atom is -0.383 e. The van der Waals surface area contributed by atoms with Gasteiger partial charge in [0.25, 0.3) is 5.91 Å². The summed E-state index contributed by atoms with van der Waals surface area (Å²) < 4.78 is 23.4. The molecule has 0 spiro atoms. The number of nitro benzene ring substituents is 1. The van der Waals surface area contributed by atoms with Gasteiger partial charge in [-0.1, -0.05) is 0 Å². The lowest BCUT2D eigenvalue weighted by molar-refractivity contribution is -0.387. The molecule has 0 heterocycles. The lowest BCUT2D eigenvalue weighted by atomic mass is 10.1. The number of benzene rings is 1. The van der Waals surface area contributed by atoms with Gasteiger partial charge in [-0.05, 0) is 12.1 Å². The predicted octanol–water partition coefficient (Wildman–Crippen LogP) is 1.47. The maximum atomic E-state index is 13.6. The molecular weight excluding hydrogens is 283 g/mol. The van der Waals surface area contributed by atoms with Crippen LogP contribution in [0.2, 0.25) is 0 Å². The number of carbonyl (C=O) groups excluding carboxylic acids is 1. The Morgan fingerprint density at radius 3 is 2.29 bits per heavy atom. The van der Waals surface area contributed by atoms with Crippen molar-refractivity contribution in [3.05, 3.63) is 39.7 Å². The minimum absolute atomic E-state index is 0.0466. The number of carbonyl (C=O) groups is 1. The van der Waals surface area contributed by atoms with E-state index in [1.807, 2.05) is 0 Å². The van der Waals surface area contributed by atoms with E-state index in [0.717, 1.165) is 12.1 Å². The molecule has 1 amide bonds. The summed E-state index contributed by atoms with van der Waals surface area (Å²) in [6, 6.07) is 3.08. The number of hydrogen-bond acceptors (Lipinski definition) is 5. The van der Waals surface area contributed by atoms with Crippen LogP contribution in [-0.4, -0.2) is 56.3 Å². The van der Waals surface area contributed by atoms with Crippen LogP contribution in [0.25, 0.3) is 0 Å². The van der Waals surface area contributed by atoms with Crippen LogP contribution >= 0.6 is 0 Å². The van der Waals surface area contributed by atoms with Gasteiger partial charge in [0.2, 0.25) is 5.82 Å². The molecule has 0 aromatic heterocycles. The summed E-state index contributed by atoms with van der Waals surface area (Å²) in [5.74, 6) is -1.47. The van der Waals surface area contributed by atoms with E-state index in [2.05, 4.69) is 0 Å². The summed E-state index contributed by atoms with van der Waals surface area (Å²) in [5, 5.41) is 10.6. The van der Waals surface area contributed by atoms with Gasteiger partial charge in [-0.25, -0.2) is 0 Å². The first-order valence-corrected chi connectivity index (χ1v) is 6.22. The molecule has 1 aromatic carbocycles. The smallest absolute Gasteiger partial charge is 0.304 e. The van der Waals surface area contributed by atoms with Gasteiger partial charge in [0.1, 0.15) is 0 Å². The van der Waals surface area contributed by atoms with E-state index in [1.165, 1.54) is 25.2 Å². The average molecular weight is 300 g/mol. The van der Waals surface area contributed by atoms with Crippen LogP contribution in [0.3, 0.4) is 0 Å². The third kappa shape index (κ3) is 4.76. The van der Waals surface area contributed by atoms with E-state index in [-0.39, 0.29) is 5.56 Å². The summed E-state index contributed by atoms with van der Waals surface area (Å²) in [6.07, 6.45) is 0. The lowest BCUT2D eigenvalue weighted by Crippen LogP contribution is -2.36. The summed E-state index contributed by atoms with van der Waals surface area (Å²) >= 11 is 0. The van der Waals surface area contributed by atoms with Crippen LogP contribution in [0.4, 0.5) is 10.1 Å². The van der Waals surface area contributed by atoms with Crippen molar-refractivity contribution in [1.82, 2.24) is 4.90 Å². The molecule has 0 saturated carbocycles. The van der Waals surface area contributed by atoms with Crippen LogP contribution in [0.15, 0.2) is 18.2 Å². The molecule has 0 aliphatic carbocycles. The maximum absolute atomic E-state index is 13.6. The van der Waals surface area contributed by atoms with Gasteiger partial charge < -0.3 is 14.4 Å². The fourth-order valence-corrected chi connectivity index (χ4v) is 1.69. The molecule has 0 saturated heterocycles. The summed E-state index contributed by atoms with van der Waals surface area (Å²) in [6.45, 7) is 1.28. The Labute approximate surface area is 121 Å². The molecule has 0 bridgehead atoms. The molecule has 0 N–H and O–H groups in total. The van der Waals surface area contributed by atoms with E-state index in [1.54, 1.807) is 0 Å². The number of hydrogen-bond donors (Lipinski definition) is 0. The molecule has 0 aliphatic rings. The monoisotopic (exact) mass is 300 g/mol. The Morgan fingerprint density at radius 1 is 1.29 bits per heavy atom. The van der Waals surface area contributed by atoms with Crippen molar-refractivity contribution in [3.63, 3.8) is 0 Å². The Hall–Kier alpha value is -2.06. The Morgan fingerprint density at radius 2 is 1.86 bits per heavy atom. The average Bonchev–Trinajstić information content (AvgIpc) is 2.46. The number of rotatable bonds is 8. The number of methoxy groups -OCH3 is 2. The van der Waals surface area contributed by atoms with Gasteiger partial charge in [-0.15, -0.1) is 0 Å². The molecule has 1 aromatic rings. The summed E-state index contributed by atoms with van der Waals surface area (Å²) in [5.41, 5.74) is -0.614. The Balaban J connectivity index is 2.91. The second-order valence-corrected chi connectivity index (χ2v) is 4.20. The predicted molar refractivity (Wildman–Crippen MR) is 72.7 cm³/mol. The third-order valence-corrected chi connectivity index (χ3v) is 2.81. The molecular formula is C13H17FN2O5. The zero-order valence-corrected chi connectivity index (χ0v) is 11.9. The molecule has 116 valence electrons. The molecule has 0 unspecified atom stereocenters. The number of nitrogens with zero attached hydrogens (tertiary/aromatic N) is 2. The molecule has 0 atom stereocenters. The van der Waals surface area contributed by atoms with E-state index >= 15 is 0 Å². The van der Waals surface area contributed by atoms with E-state index < -0.39 is 22.3 Å². The van der Waals surface area contributed by atoms with E-state index in [4.69, 9.17) is 9.47 Å². The fraction of sp³-hybridized carbons (Fsp3) is 0.462. The van der Waals surface area contributed by atoms with Crippen molar-refractivity contribution in [1.29, 1.82) is 0 Å². The first kappa shape index (κ1) is 17.0. The van der Waals surface area contributed by atoms with Crippen LogP contribution < -0.4 is 0 Å². The second kappa shape index (κ2) is 8.28. The molecule has 1 rings (SSSR count). The van der Waals surface area contributed by atoms with Crippen molar-refractivity contribution in [2.45, 2.75) is 0 Å². The zero-order chi connectivity index (χ0) is 15.8. The van der Waals surface area contributed by atoms with Crippen molar-refractivity contribution in [2.75, 3.05) is 40.5 Å². The van der Waals surface area contributed by atoms with Gasteiger partial charge in [0.15, 0.2) is 0 Å². The Kier molecular flexibility index (Phi) is 6.70. The highest BCUT2D eigenvalue weighted by molar-refractivity contribution is 5.94. The molecule has 0 radical (unpaired) electrons. The maximum Gasteiger partial charge on any atom is 0.304 e. The van der Waals surface area contributed by atoms with Crippen molar-refractivity contribution in [2.24, 2.45) is 0 Å². The number of ether oxygens (including phenoxy) is 2. The molecule has 0 fully saturated rings. The standard InChI is InChI=1S/C13H17FN2O5/c1-20-7-5-15(6-8-21-2)13(17)10-3-4-12(16(18)19)11(14)9-10/h3-4,9H,5-8H2,1-2H3. The summed E-state index contributed by atoms with van der Waals surface area (Å²) in [4.78, 5) is 23.4. The van der Waals surface area contributed by atoms with Crippen molar-refractivity contribution in [3.8, 4) is 0 Å². The van der Waals surface area contributed by atoms with Gasteiger partial charge in [-0.3, -0.25) is 14.9 Å². The van der Waals surface area contributed by atoms with Crippen molar-refractivity contribution < 1.29 is 23.6 Å². The zero-order valence-electron chi connectivity index (χ0n) is 11.9. The third-order valence-electron chi connectivity index (χ3n) is 2.81. The highest BCUT2D eigenvalue weighted by Crippen LogP contribution is 2.19. The van der Waals surface area contributed by atoms with Gasteiger partial charge in [0.05, 0.1) is 18.1 Å². The van der Waals surface area contributed by atoms with Gasteiger partial charge in [-0.2, -0.15) is 4.39 Å². The van der Waals surface area contributed by atoms with Crippen LogP contribution in [0.5, 0.6) is 0 Å². The first-order chi connectivity index (χ1) is 10.0. The molecule has 7 nitrogen and oxygen atoms in total. The van der Waals surface area contributed by atoms with Crippen LogP contribution in [0.1, 0.15) is 10.4 Å². The first-order valence-electron chi connectivity index (χ1n) is 6.22. The van der Waals surface area contributed by atoms with Crippen molar-refractivity contribution >= 4 is 11.6 Å². The number of amides is 1. The topological polar surface area (TPSA) is 81.9 Å². The normalized spacial score (nSPS) is 10.4. The van der Waals surface area contributed by atoms with Crippen LogP contribution in [-0.2, 0) is 9.47 Å². The quantitative estimate of drug-likeness (QED) is 0.536. The molecule has 8 heteroatoms. The lowest BCUT2D eigenvalue weighted by Gasteiger charge is -2.22. The Bertz CT molecular complexity index is 501. The number of halogens is 1. The van der Waals surface area contributed by atoms with E-state index in [0.29, 0.717) is 26.3 Å².